The van der Waals surface area contributed by atoms with Crippen LogP contribution >= 0.6 is 0 Å². The third-order valence-electron chi connectivity index (χ3n) is 3.39. The van der Waals surface area contributed by atoms with E-state index in [2.05, 4.69) is 15.3 Å². The number of aromatic nitrogens is 2. The Morgan fingerprint density at radius 1 is 1.35 bits per heavy atom. The molecule has 0 saturated heterocycles. The Morgan fingerprint density at radius 2 is 2.15 bits per heavy atom. The predicted octanol–water partition coefficient (Wildman–Crippen LogP) is 2.79. The molecule has 6 nitrogen and oxygen atoms in total. The van der Waals surface area contributed by atoms with E-state index in [0.717, 1.165) is 12.8 Å². The fourth-order valence-electron chi connectivity index (χ4n) is 2.43. The largest absolute Gasteiger partial charge is 0.477 e. The fraction of sp³-hybridized carbons (Fsp3) is 0.357. The van der Waals surface area contributed by atoms with Crippen LogP contribution in [0.4, 0.5) is 5.82 Å². The summed E-state index contributed by atoms with van der Waals surface area (Å²) in [5.74, 6) is 0.211. The lowest BCUT2D eigenvalue weighted by molar-refractivity contribution is 0.0690. The van der Waals surface area contributed by atoms with Crippen LogP contribution in [-0.2, 0) is 0 Å². The van der Waals surface area contributed by atoms with Crippen molar-refractivity contribution in [1.82, 2.24) is 9.97 Å². The molecule has 0 aromatic carbocycles. The van der Waals surface area contributed by atoms with Gasteiger partial charge in [0, 0.05) is 12.1 Å². The first-order chi connectivity index (χ1) is 9.72. The Labute approximate surface area is 115 Å². The molecular formula is C14H15N3O3. The molecule has 0 unspecified atom stereocenters. The molecule has 0 amide bonds. The van der Waals surface area contributed by atoms with Crippen LogP contribution in [0.3, 0.4) is 0 Å². The summed E-state index contributed by atoms with van der Waals surface area (Å²) in [4.78, 5) is 19.5. The first-order valence-electron chi connectivity index (χ1n) is 6.65. The smallest absolute Gasteiger partial charge is 0.354 e. The van der Waals surface area contributed by atoms with Crippen LogP contribution in [0.2, 0.25) is 0 Å². The van der Waals surface area contributed by atoms with Crippen LogP contribution in [-0.4, -0.2) is 27.1 Å². The minimum atomic E-state index is -1.07. The van der Waals surface area contributed by atoms with E-state index >= 15 is 0 Å². The Morgan fingerprint density at radius 3 is 2.80 bits per heavy atom. The van der Waals surface area contributed by atoms with Gasteiger partial charge in [-0.05, 0) is 25.0 Å². The van der Waals surface area contributed by atoms with Crippen LogP contribution in [0.15, 0.2) is 28.9 Å². The number of nitrogens with one attached hydrogen (secondary N) is 1. The normalized spacial score (nSPS) is 15.4. The highest BCUT2D eigenvalue weighted by Crippen LogP contribution is 2.23. The van der Waals surface area contributed by atoms with E-state index < -0.39 is 5.97 Å². The molecule has 2 aromatic rings. The van der Waals surface area contributed by atoms with Gasteiger partial charge < -0.3 is 14.8 Å². The first kappa shape index (κ1) is 12.7. The molecule has 2 aromatic heterocycles. The van der Waals surface area contributed by atoms with E-state index in [0.29, 0.717) is 17.6 Å². The van der Waals surface area contributed by atoms with Crippen molar-refractivity contribution in [3.05, 3.63) is 30.2 Å². The summed E-state index contributed by atoms with van der Waals surface area (Å²) < 4.78 is 5.23. The standard InChI is InChI=1S/C14H15N3O3/c18-14(19)10-8-12(15-9-4-1-2-5-9)17-13(16-10)11-6-3-7-20-11/h3,6-9H,1-2,4-5H2,(H,18,19)(H,15,16,17). The lowest BCUT2D eigenvalue weighted by Crippen LogP contribution is -2.17. The van der Waals surface area contributed by atoms with Crippen LogP contribution in [0.1, 0.15) is 36.2 Å². The number of nitrogens with zero attached hydrogens (tertiary/aromatic N) is 2. The summed E-state index contributed by atoms with van der Waals surface area (Å²) in [6.07, 6.45) is 6.07. The van der Waals surface area contributed by atoms with Crippen LogP contribution in [0.5, 0.6) is 0 Å². The fourth-order valence-corrected chi connectivity index (χ4v) is 2.43. The van der Waals surface area contributed by atoms with Gasteiger partial charge in [0.15, 0.2) is 17.3 Å². The van der Waals surface area contributed by atoms with Gasteiger partial charge in [0.1, 0.15) is 5.82 Å². The summed E-state index contributed by atoms with van der Waals surface area (Å²) in [6.45, 7) is 0. The maximum Gasteiger partial charge on any atom is 0.354 e. The molecule has 6 heteroatoms. The van der Waals surface area contributed by atoms with Gasteiger partial charge in [-0.15, -0.1) is 0 Å². The average Bonchev–Trinajstić information content (AvgIpc) is 3.11. The monoisotopic (exact) mass is 273 g/mol. The van der Waals surface area contributed by atoms with E-state index in [4.69, 9.17) is 9.52 Å². The third-order valence-corrected chi connectivity index (χ3v) is 3.39. The molecule has 2 N–H and O–H groups in total. The van der Waals surface area contributed by atoms with Gasteiger partial charge in [0.25, 0.3) is 0 Å². The van der Waals surface area contributed by atoms with E-state index in [1.54, 1.807) is 12.1 Å². The van der Waals surface area contributed by atoms with Gasteiger partial charge in [0.05, 0.1) is 6.26 Å². The molecule has 1 saturated carbocycles. The minimum Gasteiger partial charge on any atom is -0.477 e. The Bertz CT molecular complexity index is 604. The third kappa shape index (κ3) is 2.64. The second-order valence-electron chi connectivity index (χ2n) is 4.87. The van der Waals surface area contributed by atoms with Gasteiger partial charge in [-0.1, -0.05) is 12.8 Å². The first-order valence-corrected chi connectivity index (χ1v) is 6.65. The summed E-state index contributed by atoms with van der Waals surface area (Å²) in [5.41, 5.74) is -0.0353. The van der Waals surface area contributed by atoms with Crippen molar-refractivity contribution >= 4 is 11.8 Å². The molecule has 1 fully saturated rings. The molecule has 1 aliphatic rings. The topological polar surface area (TPSA) is 88.2 Å². The molecular weight excluding hydrogens is 258 g/mol. The second-order valence-corrected chi connectivity index (χ2v) is 4.87. The summed E-state index contributed by atoms with van der Waals surface area (Å²) >= 11 is 0. The summed E-state index contributed by atoms with van der Waals surface area (Å²) in [5, 5.41) is 12.4. The van der Waals surface area contributed by atoms with Gasteiger partial charge in [-0.2, -0.15) is 0 Å². The SMILES string of the molecule is O=C(O)c1cc(NC2CCCC2)nc(-c2ccco2)n1. The van der Waals surface area contributed by atoms with Crippen molar-refractivity contribution in [3.8, 4) is 11.6 Å². The van der Waals surface area contributed by atoms with Crippen LogP contribution in [0.25, 0.3) is 11.6 Å². The van der Waals surface area contributed by atoms with E-state index in [-0.39, 0.29) is 11.5 Å². The number of hydrogen-bond donors (Lipinski definition) is 2. The zero-order valence-corrected chi connectivity index (χ0v) is 10.9. The van der Waals surface area contributed by atoms with Gasteiger partial charge >= 0.3 is 5.97 Å². The van der Waals surface area contributed by atoms with Crippen molar-refractivity contribution in [2.75, 3.05) is 5.32 Å². The Kier molecular flexibility index (Phi) is 3.37. The highest BCUT2D eigenvalue weighted by atomic mass is 16.4. The number of carbonyl (C=O) groups is 1. The molecule has 104 valence electrons. The van der Waals surface area contributed by atoms with Crippen molar-refractivity contribution in [3.63, 3.8) is 0 Å². The highest BCUT2D eigenvalue weighted by molar-refractivity contribution is 5.86. The summed E-state index contributed by atoms with van der Waals surface area (Å²) in [7, 11) is 0. The lowest BCUT2D eigenvalue weighted by Gasteiger charge is -2.13. The molecule has 0 aliphatic heterocycles. The molecule has 0 bridgehead atoms. The molecule has 3 rings (SSSR count). The van der Waals surface area contributed by atoms with Crippen LogP contribution < -0.4 is 5.32 Å². The second kappa shape index (κ2) is 5.32. The van der Waals surface area contributed by atoms with Gasteiger partial charge in [-0.25, -0.2) is 14.8 Å². The average molecular weight is 273 g/mol. The zero-order chi connectivity index (χ0) is 13.9. The highest BCUT2D eigenvalue weighted by Gasteiger charge is 2.18. The number of aromatic carboxylic acids is 1. The maximum atomic E-state index is 11.2. The number of carboxylic acids is 1. The minimum absolute atomic E-state index is 0.0353. The van der Waals surface area contributed by atoms with Crippen molar-refractivity contribution in [2.24, 2.45) is 0 Å². The number of rotatable bonds is 4. The number of carboxylic acid groups (broad SMARTS) is 1. The van der Waals surface area contributed by atoms with Crippen LogP contribution in [0, 0.1) is 0 Å². The zero-order valence-electron chi connectivity index (χ0n) is 10.9. The quantitative estimate of drug-likeness (QED) is 0.890. The molecule has 0 radical (unpaired) electrons. The van der Waals surface area contributed by atoms with E-state index in [1.165, 1.54) is 25.2 Å². The van der Waals surface area contributed by atoms with Crippen molar-refractivity contribution < 1.29 is 14.3 Å². The van der Waals surface area contributed by atoms with E-state index in [1.807, 2.05) is 0 Å². The molecule has 20 heavy (non-hydrogen) atoms. The molecule has 0 atom stereocenters. The Hall–Kier alpha value is -2.37. The maximum absolute atomic E-state index is 11.2. The number of anilines is 1. The summed E-state index contributed by atoms with van der Waals surface area (Å²) in [6, 6.07) is 5.25. The number of hydrogen-bond acceptors (Lipinski definition) is 5. The Balaban J connectivity index is 1.94. The molecule has 1 aliphatic carbocycles. The molecule has 0 spiro atoms. The van der Waals surface area contributed by atoms with Gasteiger partial charge in [0.2, 0.25) is 0 Å². The molecule has 2 heterocycles. The van der Waals surface area contributed by atoms with Crippen molar-refractivity contribution in [1.29, 1.82) is 0 Å². The lowest BCUT2D eigenvalue weighted by atomic mass is 10.2. The number of furan rings is 1. The van der Waals surface area contributed by atoms with E-state index in [9.17, 15) is 4.79 Å². The van der Waals surface area contributed by atoms with Crippen molar-refractivity contribution in [2.45, 2.75) is 31.7 Å². The predicted molar refractivity (Wildman–Crippen MR) is 72.6 cm³/mol. The van der Waals surface area contributed by atoms with Gasteiger partial charge in [-0.3, -0.25) is 0 Å².